The van der Waals surface area contributed by atoms with Crippen molar-refractivity contribution in [3.05, 3.63) is 57.3 Å². The van der Waals surface area contributed by atoms with Gasteiger partial charge in [0.25, 0.3) is 11.1 Å². The van der Waals surface area contributed by atoms with Gasteiger partial charge < -0.3 is 5.32 Å². The van der Waals surface area contributed by atoms with E-state index in [-0.39, 0.29) is 35.9 Å². The molecule has 0 atom stereocenters. The second kappa shape index (κ2) is 10.1. The van der Waals surface area contributed by atoms with E-state index in [9.17, 15) is 14.4 Å². The summed E-state index contributed by atoms with van der Waals surface area (Å²) in [7, 11) is 0. The minimum atomic E-state index is -0.388. The Morgan fingerprint density at radius 2 is 2.03 bits per heavy atom. The van der Waals surface area contributed by atoms with Gasteiger partial charge in [0.2, 0.25) is 5.91 Å². The average Bonchev–Trinajstić information content (AvgIpc) is 2.95. The monoisotopic (exact) mass is 462 g/mol. The Balaban J connectivity index is 1.49. The number of imide groups is 1. The van der Waals surface area contributed by atoms with E-state index in [4.69, 9.17) is 11.6 Å². The van der Waals surface area contributed by atoms with Crippen LogP contribution < -0.4 is 5.32 Å². The molecule has 30 heavy (non-hydrogen) atoms. The first-order chi connectivity index (χ1) is 14.3. The fourth-order valence-corrected chi connectivity index (χ4v) is 4.56. The van der Waals surface area contributed by atoms with Crippen LogP contribution in [0.5, 0.6) is 0 Å². The first kappa shape index (κ1) is 22.3. The summed E-state index contributed by atoms with van der Waals surface area (Å²) in [6.45, 7) is 3.95. The number of nitrogens with zero attached hydrogens (tertiary/aromatic N) is 3. The molecule has 1 aromatic carbocycles. The zero-order chi connectivity index (χ0) is 21.7. The predicted molar refractivity (Wildman–Crippen MR) is 119 cm³/mol. The van der Waals surface area contributed by atoms with E-state index in [2.05, 4.69) is 15.3 Å². The number of benzene rings is 1. The Labute approximate surface area is 187 Å². The van der Waals surface area contributed by atoms with Crippen molar-refractivity contribution in [3.8, 4) is 0 Å². The molecule has 1 aliphatic rings. The zero-order valence-electron chi connectivity index (χ0n) is 16.3. The maximum atomic E-state index is 12.5. The highest BCUT2D eigenvalue weighted by Crippen LogP contribution is 2.33. The molecule has 0 aliphatic carbocycles. The molecule has 156 valence electrons. The van der Waals surface area contributed by atoms with Crippen LogP contribution in [-0.2, 0) is 9.59 Å². The van der Waals surface area contributed by atoms with Crippen LogP contribution >= 0.6 is 35.1 Å². The molecule has 1 aliphatic heterocycles. The first-order valence-electron chi connectivity index (χ1n) is 9.05. The van der Waals surface area contributed by atoms with Crippen LogP contribution in [0.1, 0.15) is 17.1 Å². The lowest BCUT2D eigenvalue weighted by Crippen LogP contribution is -2.37. The Hall–Kier alpha value is -2.36. The SMILES string of the molecule is Cc1cc(SCC(=O)NCCN2C(=O)S/C(=C\c3ccccc3Cl)C2=O)nc(C)n1. The predicted octanol–water partition coefficient (Wildman–Crippen LogP) is 3.69. The number of thioether (sulfide) groups is 2. The first-order valence-corrected chi connectivity index (χ1v) is 11.2. The zero-order valence-corrected chi connectivity index (χ0v) is 18.7. The summed E-state index contributed by atoms with van der Waals surface area (Å²) >= 11 is 8.28. The van der Waals surface area contributed by atoms with E-state index < -0.39 is 0 Å². The van der Waals surface area contributed by atoms with Crippen LogP contribution in [0.4, 0.5) is 4.79 Å². The second-order valence-electron chi connectivity index (χ2n) is 6.39. The summed E-state index contributed by atoms with van der Waals surface area (Å²) in [6.07, 6.45) is 1.61. The number of carbonyl (C=O) groups is 3. The van der Waals surface area contributed by atoms with Crippen molar-refractivity contribution in [2.45, 2.75) is 18.9 Å². The van der Waals surface area contributed by atoms with Gasteiger partial charge in [-0.1, -0.05) is 41.6 Å². The van der Waals surface area contributed by atoms with Gasteiger partial charge in [-0.2, -0.15) is 0 Å². The molecule has 0 saturated carbocycles. The molecule has 1 aromatic heterocycles. The largest absolute Gasteiger partial charge is 0.354 e. The van der Waals surface area contributed by atoms with E-state index >= 15 is 0 Å². The van der Waals surface area contributed by atoms with Gasteiger partial charge >= 0.3 is 0 Å². The van der Waals surface area contributed by atoms with Crippen molar-refractivity contribution in [1.29, 1.82) is 0 Å². The number of nitrogens with one attached hydrogen (secondary N) is 1. The topological polar surface area (TPSA) is 92.3 Å². The normalized spacial score (nSPS) is 15.2. The van der Waals surface area contributed by atoms with E-state index in [1.165, 1.54) is 11.8 Å². The summed E-state index contributed by atoms with van der Waals surface area (Å²) in [6, 6.07) is 8.90. The minimum Gasteiger partial charge on any atom is -0.354 e. The van der Waals surface area contributed by atoms with Crippen molar-refractivity contribution in [2.75, 3.05) is 18.8 Å². The van der Waals surface area contributed by atoms with Gasteiger partial charge in [-0.25, -0.2) is 9.97 Å². The van der Waals surface area contributed by atoms with E-state index in [0.29, 0.717) is 21.3 Å². The molecule has 0 spiro atoms. The van der Waals surface area contributed by atoms with Crippen molar-refractivity contribution in [2.24, 2.45) is 0 Å². The van der Waals surface area contributed by atoms with Crippen molar-refractivity contribution < 1.29 is 14.4 Å². The fourth-order valence-electron chi connectivity index (χ4n) is 2.68. The van der Waals surface area contributed by atoms with Gasteiger partial charge in [-0.05, 0) is 49.4 Å². The van der Waals surface area contributed by atoms with Gasteiger partial charge in [0.1, 0.15) is 10.9 Å². The summed E-state index contributed by atoms with van der Waals surface area (Å²) in [5, 5.41) is 3.59. The molecule has 3 amide bonds. The smallest absolute Gasteiger partial charge is 0.293 e. The van der Waals surface area contributed by atoms with Gasteiger partial charge in [0.05, 0.1) is 10.7 Å². The number of carbonyl (C=O) groups excluding carboxylic acids is 3. The molecule has 2 heterocycles. The van der Waals surface area contributed by atoms with Gasteiger partial charge in [-0.3, -0.25) is 19.3 Å². The molecular weight excluding hydrogens is 444 g/mol. The number of hydrogen-bond acceptors (Lipinski definition) is 7. The Bertz CT molecular complexity index is 1010. The number of rotatable bonds is 7. The molecule has 10 heteroatoms. The Morgan fingerprint density at radius 3 is 2.77 bits per heavy atom. The number of halogens is 1. The maximum absolute atomic E-state index is 12.5. The molecule has 2 aromatic rings. The molecule has 0 radical (unpaired) electrons. The van der Waals surface area contributed by atoms with Crippen LogP contribution in [0.3, 0.4) is 0 Å². The third kappa shape index (κ3) is 5.84. The van der Waals surface area contributed by atoms with Crippen LogP contribution in [0.15, 0.2) is 40.3 Å². The van der Waals surface area contributed by atoms with Crippen molar-refractivity contribution in [1.82, 2.24) is 20.2 Å². The maximum Gasteiger partial charge on any atom is 0.293 e. The number of hydrogen-bond donors (Lipinski definition) is 1. The molecule has 1 fully saturated rings. The molecule has 1 N–H and O–H groups in total. The molecule has 0 bridgehead atoms. The van der Waals surface area contributed by atoms with Crippen LogP contribution in [0.25, 0.3) is 6.08 Å². The van der Waals surface area contributed by atoms with Gasteiger partial charge in [-0.15, -0.1) is 0 Å². The lowest BCUT2D eigenvalue weighted by atomic mass is 10.2. The average molecular weight is 463 g/mol. The lowest BCUT2D eigenvalue weighted by Gasteiger charge is -2.13. The number of amides is 3. The summed E-state index contributed by atoms with van der Waals surface area (Å²) in [4.78, 5) is 46.7. The Morgan fingerprint density at radius 1 is 1.27 bits per heavy atom. The molecular formula is C20H19ClN4O3S2. The molecule has 0 unspecified atom stereocenters. The van der Waals surface area contributed by atoms with Crippen LogP contribution in [0, 0.1) is 13.8 Å². The van der Waals surface area contributed by atoms with Crippen molar-refractivity contribution >= 4 is 58.3 Å². The van der Waals surface area contributed by atoms with Crippen molar-refractivity contribution in [3.63, 3.8) is 0 Å². The highest BCUT2D eigenvalue weighted by atomic mass is 35.5. The quantitative estimate of drug-likeness (QED) is 0.381. The van der Waals surface area contributed by atoms with E-state index in [1.807, 2.05) is 13.0 Å². The summed E-state index contributed by atoms with van der Waals surface area (Å²) in [5.41, 5.74) is 1.51. The highest BCUT2D eigenvalue weighted by molar-refractivity contribution is 8.18. The summed E-state index contributed by atoms with van der Waals surface area (Å²) < 4.78 is 0. The second-order valence-corrected chi connectivity index (χ2v) is 8.78. The number of aromatic nitrogens is 2. The highest BCUT2D eigenvalue weighted by Gasteiger charge is 2.34. The number of aryl methyl sites for hydroxylation is 2. The van der Waals surface area contributed by atoms with Gasteiger partial charge in [0.15, 0.2) is 0 Å². The van der Waals surface area contributed by atoms with Gasteiger partial charge in [0, 0.05) is 23.8 Å². The standard InChI is InChI=1S/C20H19ClN4O3S2/c1-12-9-18(24-13(2)23-12)29-11-17(26)22-7-8-25-19(27)16(30-20(25)28)10-14-5-3-4-6-15(14)21/h3-6,9-10H,7-8,11H2,1-2H3,(H,22,26)/b16-10-. The molecule has 7 nitrogen and oxygen atoms in total. The molecule has 1 saturated heterocycles. The third-order valence-corrected chi connectivity index (χ3v) is 6.18. The fraction of sp³-hybridized carbons (Fsp3) is 0.250. The summed E-state index contributed by atoms with van der Waals surface area (Å²) in [5.74, 6) is 0.250. The van der Waals surface area contributed by atoms with E-state index in [0.717, 1.165) is 27.4 Å². The molecule has 3 rings (SSSR count). The van der Waals surface area contributed by atoms with Crippen LogP contribution in [0.2, 0.25) is 5.02 Å². The third-order valence-electron chi connectivity index (χ3n) is 4.02. The lowest BCUT2D eigenvalue weighted by molar-refractivity contribution is -0.123. The Kier molecular flexibility index (Phi) is 7.52. The van der Waals surface area contributed by atoms with E-state index in [1.54, 1.807) is 37.3 Å². The minimum absolute atomic E-state index is 0.104. The van der Waals surface area contributed by atoms with Crippen LogP contribution in [-0.4, -0.2) is 50.8 Å².